The molecule has 0 aromatic rings. The summed E-state index contributed by atoms with van der Waals surface area (Å²) in [6.45, 7) is 0. The second-order valence-corrected chi connectivity index (χ2v) is 7.11. The molecule has 1 unspecified atom stereocenters. The summed E-state index contributed by atoms with van der Waals surface area (Å²) in [5.74, 6) is -1.43. The predicted octanol–water partition coefficient (Wildman–Crippen LogP) is 5.15. The van der Waals surface area contributed by atoms with Gasteiger partial charge in [-0.3, -0.25) is 9.59 Å². The van der Waals surface area contributed by atoms with E-state index in [4.69, 9.17) is 10.2 Å². The number of aliphatic hydroxyl groups excluding tert-OH is 1. The normalized spacial score (nSPS) is 12.2. The Morgan fingerprint density at radius 2 is 0.800 bits per heavy atom. The molecule has 0 radical (unpaired) electrons. The van der Waals surface area contributed by atoms with Crippen molar-refractivity contribution in [1.82, 2.24) is 0 Å². The molecule has 0 aliphatic carbocycles. The van der Waals surface area contributed by atoms with Gasteiger partial charge in [-0.1, -0.05) is 70.6 Å². The van der Waals surface area contributed by atoms with E-state index in [0.29, 0.717) is 12.8 Å². The first-order valence-electron chi connectivity index (χ1n) is 10.1. The zero-order chi connectivity index (χ0) is 18.8. The monoisotopic (exact) mass is 358 g/mol. The molecule has 0 fully saturated rings. The smallest absolute Gasteiger partial charge is 0.303 e. The summed E-state index contributed by atoms with van der Waals surface area (Å²) in [6.07, 6.45) is 15.9. The van der Waals surface area contributed by atoms with E-state index in [9.17, 15) is 14.7 Å². The Morgan fingerprint density at radius 3 is 1.16 bits per heavy atom. The third-order valence-electron chi connectivity index (χ3n) is 4.61. The number of hydrogen-bond donors (Lipinski definition) is 3. The number of rotatable bonds is 19. The molecule has 0 bridgehead atoms. The lowest BCUT2D eigenvalue weighted by atomic mass is 10.0. The van der Waals surface area contributed by atoms with E-state index in [1.807, 2.05) is 0 Å². The van der Waals surface area contributed by atoms with Gasteiger partial charge >= 0.3 is 11.9 Å². The molecule has 0 aromatic carbocycles. The van der Waals surface area contributed by atoms with Crippen molar-refractivity contribution < 1.29 is 24.9 Å². The molecular weight excluding hydrogens is 320 g/mol. The Labute approximate surface area is 152 Å². The van der Waals surface area contributed by atoms with Gasteiger partial charge in [0.2, 0.25) is 0 Å². The highest BCUT2D eigenvalue weighted by atomic mass is 16.4. The molecule has 3 N–H and O–H groups in total. The molecule has 0 aromatic heterocycles. The molecule has 5 nitrogen and oxygen atoms in total. The van der Waals surface area contributed by atoms with Gasteiger partial charge in [0.05, 0.1) is 6.10 Å². The number of hydrogen-bond acceptors (Lipinski definition) is 3. The summed E-state index contributed by atoms with van der Waals surface area (Å²) >= 11 is 0. The molecule has 0 heterocycles. The van der Waals surface area contributed by atoms with E-state index in [1.165, 1.54) is 38.5 Å². The molecule has 0 saturated heterocycles. The van der Waals surface area contributed by atoms with Crippen LogP contribution >= 0.6 is 0 Å². The lowest BCUT2D eigenvalue weighted by Crippen LogP contribution is -2.06. The van der Waals surface area contributed by atoms with Gasteiger partial charge in [-0.2, -0.15) is 0 Å². The van der Waals surface area contributed by atoms with Crippen molar-refractivity contribution in [2.45, 2.75) is 115 Å². The highest BCUT2D eigenvalue weighted by Gasteiger charge is 2.04. The Morgan fingerprint density at radius 1 is 0.520 bits per heavy atom. The average Bonchev–Trinajstić information content (AvgIpc) is 2.55. The number of unbranched alkanes of at least 4 members (excludes halogenated alkanes) is 11. The molecular formula is C20H38O5. The van der Waals surface area contributed by atoms with Gasteiger partial charge in [0.15, 0.2) is 0 Å². The Bertz CT molecular complexity index is 330. The molecule has 0 aliphatic heterocycles. The van der Waals surface area contributed by atoms with Crippen molar-refractivity contribution in [1.29, 1.82) is 0 Å². The summed E-state index contributed by atoms with van der Waals surface area (Å²) in [7, 11) is 0. The van der Waals surface area contributed by atoms with Crippen molar-refractivity contribution in [2.75, 3.05) is 0 Å². The van der Waals surface area contributed by atoms with Crippen LogP contribution in [-0.4, -0.2) is 33.4 Å². The van der Waals surface area contributed by atoms with Gasteiger partial charge in [0.1, 0.15) is 0 Å². The zero-order valence-corrected chi connectivity index (χ0v) is 15.8. The fraction of sp³-hybridized carbons (Fsp3) is 0.900. The largest absolute Gasteiger partial charge is 0.481 e. The summed E-state index contributed by atoms with van der Waals surface area (Å²) in [5.41, 5.74) is 0. The first-order valence-corrected chi connectivity index (χ1v) is 10.1. The van der Waals surface area contributed by atoms with Crippen LogP contribution < -0.4 is 0 Å². The first-order chi connectivity index (χ1) is 12.0. The molecule has 0 spiro atoms. The van der Waals surface area contributed by atoms with Crippen LogP contribution in [0, 0.1) is 0 Å². The maximum atomic E-state index is 10.4. The van der Waals surface area contributed by atoms with Gasteiger partial charge in [-0.25, -0.2) is 0 Å². The van der Waals surface area contributed by atoms with Gasteiger partial charge in [0, 0.05) is 12.8 Å². The topological polar surface area (TPSA) is 94.8 Å². The third kappa shape index (κ3) is 20.9. The van der Waals surface area contributed by atoms with Crippen LogP contribution in [0.25, 0.3) is 0 Å². The van der Waals surface area contributed by atoms with Crippen LogP contribution in [0.1, 0.15) is 109 Å². The highest BCUT2D eigenvalue weighted by molar-refractivity contribution is 5.66. The molecule has 0 saturated carbocycles. The van der Waals surface area contributed by atoms with Crippen LogP contribution in [0.3, 0.4) is 0 Å². The SMILES string of the molecule is O=C(O)CCCCCCCCCCCCC(O)CCCCCC(=O)O. The van der Waals surface area contributed by atoms with E-state index in [2.05, 4.69) is 0 Å². The highest BCUT2D eigenvalue weighted by Crippen LogP contribution is 2.14. The standard InChI is InChI=1S/C20H38O5/c21-18(15-11-9-13-17-20(24)25)14-10-7-5-3-1-2-4-6-8-12-16-19(22)23/h18,21H,1-17H2,(H,22,23)(H,24,25). The van der Waals surface area contributed by atoms with Gasteiger partial charge < -0.3 is 15.3 Å². The Hall–Kier alpha value is -1.10. The van der Waals surface area contributed by atoms with E-state index in [1.54, 1.807) is 0 Å². The van der Waals surface area contributed by atoms with E-state index >= 15 is 0 Å². The Kier molecular flexibility index (Phi) is 16.9. The molecule has 5 heteroatoms. The van der Waals surface area contributed by atoms with Gasteiger partial charge in [-0.15, -0.1) is 0 Å². The van der Waals surface area contributed by atoms with Crippen LogP contribution in [0.15, 0.2) is 0 Å². The predicted molar refractivity (Wildman–Crippen MR) is 99.8 cm³/mol. The molecule has 0 amide bonds. The summed E-state index contributed by atoms with van der Waals surface area (Å²) in [5, 5.41) is 27.0. The summed E-state index contributed by atoms with van der Waals surface area (Å²) in [4.78, 5) is 20.7. The zero-order valence-electron chi connectivity index (χ0n) is 15.8. The number of carboxylic acids is 2. The van der Waals surface area contributed by atoms with Gasteiger partial charge in [0.25, 0.3) is 0 Å². The van der Waals surface area contributed by atoms with Crippen LogP contribution in [0.5, 0.6) is 0 Å². The third-order valence-corrected chi connectivity index (χ3v) is 4.61. The van der Waals surface area contributed by atoms with Crippen molar-refractivity contribution in [3.8, 4) is 0 Å². The minimum absolute atomic E-state index is 0.226. The summed E-state index contributed by atoms with van der Waals surface area (Å²) in [6, 6.07) is 0. The second kappa shape index (κ2) is 17.7. The number of aliphatic hydroxyl groups is 1. The van der Waals surface area contributed by atoms with Crippen LogP contribution in [-0.2, 0) is 9.59 Å². The lowest BCUT2D eigenvalue weighted by Gasteiger charge is -2.10. The maximum absolute atomic E-state index is 10.4. The van der Waals surface area contributed by atoms with Crippen molar-refractivity contribution in [3.05, 3.63) is 0 Å². The molecule has 1 atom stereocenters. The summed E-state index contributed by atoms with van der Waals surface area (Å²) < 4.78 is 0. The van der Waals surface area contributed by atoms with E-state index in [0.717, 1.165) is 51.4 Å². The molecule has 0 aliphatic rings. The minimum atomic E-state index is -0.737. The Balaban J connectivity index is 3.17. The maximum Gasteiger partial charge on any atom is 0.303 e. The lowest BCUT2D eigenvalue weighted by molar-refractivity contribution is -0.138. The van der Waals surface area contributed by atoms with Crippen molar-refractivity contribution in [2.24, 2.45) is 0 Å². The minimum Gasteiger partial charge on any atom is -0.481 e. The fourth-order valence-corrected chi connectivity index (χ4v) is 3.05. The first kappa shape index (κ1) is 23.9. The molecule has 25 heavy (non-hydrogen) atoms. The van der Waals surface area contributed by atoms with E-state index < -0.39 is 11.9 Å². The number of carbonyl (C=O) groups is 2. The molecule has 148 valence electrons. The second-order valence-electron chi connectivity index (χ2n) is 7.11. The molecule has 0 rings (SSSR count). The van der Waals surface area contributed by atoms with E-state index in [-0.39, 0.29) is 12.5 Å². The van der Waals surface area contributed by atoms with Crippen molar-refractivity contribution >= 4 is 11.9 Å². The quantitative estimate of drug-likeness (QED) is 0.278. The average molecular weight is 359 g/mol. The van der Waals surface area contributed by atoms with Crippen LogP contribution in [0.2, 0.25) is 0 Å². The van der Waals surface area contributed by atoms with Crippen molar-refractivity contribution in [3.63, 3.8) is 0 Å². The number of carboxylic acid groups (broad SMARTS) is 2. The fourth-order valence-electron chi connectivity index (χ4n) is 3.05. The van der Waals surface area contributed by atoms with Crippen LogP contribution in [0.4, 0.5) is 0 Å². The van der Waals surface area contributed by atoms with Gasteiger partial charge in [-0.05, 0) is 25.7 Å². The number of aliphatic carboxylic acids is 2.